The fourth-order valence-corrected chi connectivity index (χ4v) is 11.9. The van der Waals surface area contributed by atoms with E-state index in [2.05, 4.69) is 277 Å². The Morgan fingerprint density at radius 1 is 0.357 bits per heavy atom. The van der Waals surface area contributed by atoms with Gasteiger partial charge in [0.05, 0.1) is 27.8 Å². The molecular formula is C67H47N3. The number of fused-ring (bicyclic) bond motifs is 11. The van der Waals surface area contributed by atoms with Crippen LogP contribution < -0.4 is 4.90 Å². The van der Waals surface area contributed by atoms with E-state index < -0.39 is 5.41 Å². The number of hydrogen-bond acceptors (Lipinski definition) is 1. The Bertz CT molecular complexity index is 4190. The predicted octanol–water partition coefficient (Wildman–Crippen LogP) is 17.8. The van der Waals surface area contributed by atoms with E-state index in [1.165, 1.54) is 98.9 Å². The van der Waals surface area contributed by atoms with Crippen LogP contribution in [0.1, 0.15) is 29.2 Å². The number of para-hydroxylation sites is 3. The Morgan fingerprint density at radius 3 is 1.73 bits per heavy atom. The zero-order chi connectivity index (χ0) is 46.5. The zero-order valence-corrected chi connectivity index (χ0v) is 39.0. The lowest BCUT2D eigenvalue weighted by molar-refractivity contribution is 0.714. The number of benzene rings is 11. The second-order valence-electron chi connectivity index (χ2n) is 19.1. The maximum atomic E-state index is 2.52. The van der Waals surface area contributed by atoms with Crippen molar-refractivity contribution in [1.29, 1.82) is 0 Å². The molecule has 2 aromatic heterocycles. The zero-order valence-electron chi connectivity index (χ0n) is 39.0. The first-order chi connectivity index (χ1) is 34.5. The van der Waals surface area contributed by atoms with Crippen molar-refractivity contribution in [3.05, 3.63) is 271 Å². The molecule has 1 aliphatic carbocycles. The van der Waals surface area contributed by atoms with Gasteiger partial charge >= 0.3 is 0 Å². The molecule has 0 bridgehead atoms. The average Bonchev–Trinajstić information content (AvgIpc) is 4.02. The number of aromatic nitrogens is 2. The van der Waals surface area contributed by atoms with Crippen LogP contribution in [0.5, 0.6) is 0 Å². The highest BCUT2D eigenvalue weighted by Gasteiger charge is 2.43. The topological polar surface area (TPSA) is 13.1 Å². The van der Waals surface area contributed by atoms with Crippen LogP contribution >= 0.6 is 0 Å². The lowest BCUT2D eigenvalue weighted by Gasteiger charge is -2.32. The molecule has 0 saturated carbocycles. The number of anilines is 3. The molecular weight excluding hydrogens is 847 g/mol. The lowest BCUT2D eigenvalue weighted by Crippen LogP contribution is -2.23. The van der Waals surface area contributed by atoms with Crippen LogP contribution in [0.15, 0.2) is 249 Å². The molecule has 70 heavy (non-hydrogen) atoms. The van der Waals surface area contributed by atoms with E-state index in [1.54, 1.807) is 0 Å². The third-order valence-corrected chi connectivity index (χ3v) is 15.2. The van der Waals surface area contributed by atoms with Crippen LogP contribution in [-0.2, 0) is 5.41 Å². The minimum absolute atomic E-state index is 0.497. The van der Waals surface area contributed by atoms with Crippen LogP contribution in [0.4, 0.5) is 17.1 Å². The highest BCUT2D eigenvalue weighted by Crippen LogP contribution is 2.58. The predicted molar refractivity (Wildman–Crippen MR) is 295 cm³/mol. The van der Waals surface area contributed by atoms with E-state index in [9.17, 15) is 0 Å². The quantitative estimate of drug-likeness (QED) is 0.155. The summed E-state index contributed by atoms with van der Waals surface area (Å²) >= 11 is 0. The fraction of sp³-hybridized carbons (Fsp3) is 0.0448. The molecule has 13 aromatic rings. The van der Waals surface area contributed by atoms with Gasteiger partial charge in [0, 0.05) is 55.1 Å². The molecule has 3 heteroatoms. The fourth-order valence-electron chi connectivity index (χ4n) is 11.9. The van der Waals surface area contributed by atoms with E-state index in [0.717, 1.165) is 28.4 Å². The second kappa shape index (κ2) is 15.6. The van der Waals surface area contributed by atoms with Crippen molar-refractivity contribution in [3.63, 3.8) is 0 Å². The standard InChI is InChI=1S/C67H47N3/c1-44-31-37-62-57(39-44)58-40-46(45-19-7-3-8-20-45)32-38-63(58)70(62)50-34-36-56-59(41-50)67(2,47-21-9-4-10-22-47)60-43-65(53-28-15-16-29-55(53)66(56)60)68(48-23-11-5-12-24-48)51-33-35-54-52-27-17-18-30-61(52)69(64(54)42-51)49-25-13-6-14-26-49/h3-43H,1-2H3. The van der Waals surface area contributed by atoms with Gasteiger partial charge in [0.2, 0.25) is 0 Å². The van der Waals surface area contributed by atoms with E-state index in [1.807, 2.05) is 0 Å². The molecule has 0 aliphatic heterocycles. The van der Waals surface area contributed by atoms with Crippen LogP contribution in [0.3, 0.4) is 0 Å². The van der Waals surface area contributed by atoms with Crippen LogP contribution in [-0.4, -0.2) is 9.13 Å². The van der Waals surface area contributed by atoms with E-state index in [-0.39, 0.29) is 0 Å². The Kier molecular flexibility index (Phi) is 8.93. The Morgan fingerprint density at radius 2 is 0.957 bits per heavy atom. The van der Waals surface area contributed by atoms with Crippen molar-refractivity contribution >= 4 is 71.4 Å². The molecule has 0 N–H and O–H groups in total. The van der Waals surface area contributed by atoms with Gasteiger partial charge < -0.3 is 14.0 Å². The third-order valence-electron chi connectivity index (χ3n) is 15.2. The number of hydrogen-bond donors (Lipinski definition) is 0. The van der Waals surface area contributed by atoms with Gasteiger partial charge in [0.15, 0.2) is 0 Å². The Labute approximate surface area is 407 Å². The molecule has 1 unspecified atom stereocenters. The number of aryl methyl sites for hydroxylation is 1. The summed E-state index contributed by atoms with van der Waals surface area (Å²) in [5, 5.41) is 7.44. The Balaban J connectivity index is 1.01. The van der Waals surface area contributed by atoms with Crippen molar-refractivity contribution in [1.82, 2.24) is 9.13 Å². The molecule has 0 spiro atoms. The van der Waals surface area contributed by atoms with Gasteiger partial charge in [-0.05, 0) is 143 Å². The Hall–Kier alpha value is -8.92. The van der Waals surface area contributed by atoms with Crippen LogP contribution in [0.25, 0.3) is 88.0 Å². The molecule has 11 aromatic carbocycles. The van der Waals surface area contributed by atoms with Crippen molar-refractivity contribution < 1.29 is 0 Å². The van der Waals surface area contributed by atoms with Gasteiger partial charge in [0.25, 0.3) is 0 Å². The maximum Gasteiger partial charge on any atom is 0.0561 e. The van der Waals surface area contributed by atoms with Gasteiger partial charge in [0.1, 0.15) is 0 Å². The minimum atomic E-state index is -0.497. The van der Waals surface area contributed by atoms with Crippen molar-refractivity contribution in [3.8, 4) is 33.6 Å². The molecule has 0 radical (unpaired) electrons. The highest BCUT2D eigenvalue weighted by molar-refractivity contribution is 6.14. The first-order valence-electron chi connectivity index (χ1n) is 24.3. The van der Waals surface area contributed by atoms with E-state index in [4.69, 9.17) is 0 Å². The van der Waals surface area contributed by atoms with Gasteiger partial charge in [-0.15, -0.1) is 0 Å². The SMILES string of the molecule is Cc1ccc2c(c1)c1cc(-c3ccccc3)ccc1n2-c1ccc2c(c1)C(C)(c1ccccc1)c1cc(N(c3ccccc3)c3ccc4c5ccccc5n(-c5ccccc5)c4c3)c3ccccc3c1-2. The normalized spacial score (nSPS) is 14.2. The summed E-state index contributed by atoms with van der Waals surface area (Å²) in [6.07, 6.45) is 0. The summed E-state index contributed by atoms with van der Waals surface area (Å²) in [4.78, 5) is 2.48. The van der Waals surface area contributed by atoms with Crippen molar-refractivity contribution in [2.24, 2.45) is 0 Å². The number of rotatable bonds is 7. The lowest BCUT2D eigenvalue weighted by atomic mass is 9.73. The maximum absolute atomic E-state index is 2.52. The molecule has 330 valence electrons. The summed E-state index contributed by atoms with van der Waals surface area (Å²) in [6, 6.07) is 92.1. The van der Waals surface area contributed by atoms with Crippen molar-refractivity contribution in [2.75, 3.05) is 4.90 Å². The van der Waals surface area contributed by atoms with Gasteiger partial charge in [-0.3, -0.25) is 0 Å². The smallest absolute Gasteiger partial charge is 0.0561 e. The first-order valence-corrected chi connectivity index (χ1v) is 24.3. The molecule has 0 amide bonds. The highest BCUT2D eigenvalue weighted by atomic mass is 15.1. The minimum Gasteiger partial charge on any atom is -0.310 e. The van der Waals surface area contributed by atoms with Gasteiger partial charge in [-0.2, -0.15) is 0 Å². The first kappa shape index (κ1) is 40.2. The summed E-state index contributed by atoms with van der Waals surface area (Å²) in [7, 11) is 0. The summed E-state index contributed by atoms with van der Waals surface area (Å²) < 4.78 is 4.90. The summed E-state index contributed by atoms with van der Waals surface area (Å²) in [6.45, 7) is 4.65. The molecule has 0 fully saturated rings. The van der Waals surface area contributed by atoms with Crippen LogP contribution in [0, 0.1) is 6.92 Å². The molecule has 3 nitrogen and oxygen atoms in total. The van der Waals surface area contributed by atoms with E-state index in [0.29, 0.717) is 0 Å². The largest absolute Gasteiger partial charge is 0.310 e. The number of nitrogens with zero attached hydrogens (tertiary/aromatic N) is 3. The van der Waals surface area contributed by atoms with Gasteiger partial charge in [-0.25, -0.2) is 0 Å². The summed E-state index contributed by atoms with van der Waals surface area (Å²) in [5.74, 6) is 0. The molecule has 1 atom stereocenters. The monoisotopic (exact) mass is 893 g/mol. The molecule has 14 rings (SSSR count). The van der Waals surface area contributed by atoms with Crippen LogP contribution in [0.2, 0.25) is 0 Å². The van der Waals surface area contributed by atoms with E-state index >= 15 is 0 Å². The molecule has 1 aliphatic rings. The average molecular weight is 894 g/mol. The van der Waals surface area contributed by atoms with Gasteiger partial charge in [-0.1, -0.05) is 169 Å². The molecule has 0 saturated heterocycles. The third kappa shape index (κ3) is 5.95. The summed E-state index contributed by atoms with van der Waals surface area (Å²) in [5.41, 5.74) is 20.0. The molecule has 2 heterocycles. The second-order valence-corrected chi connectivity index (χ2v) is 19.1. The van der Waals surface area contributed by atoms with Crippen molar-refractivity contribution in [2.45, 2.75) is 19.3 Å².